The number of amides is 3. The van der Waals surface area contributed by atoms with Crippen LogP contribution in [0.4, 0.5) is 5.69 Å². The Kier molecular flexibility index (Phi) is 6.34. The summed E-state index contributed by atoms with van der Waals surface area (Å²) in [5.74, 6) is -0.0994. The molecule has 8 nitrogen and oxygen atoms in total. The zero-order valence-corrected chi connectivity index (χ0v) is 17.6. The van der Waals surface area contributed by atoms with E-state index in [2.05, 4.69) is 4.90 Å². The molecule has 0 spiro atoms. The third-order valence-corrected chi connectivity index (χ3v) is 6.23. The number of nitrogens with zero attached hydrogens (tertiary/aromatic N) is 4. The van der Waals surface area contributed by atoms with E-state index >= 15 is 0 Å². The van der Waals surface area contributed by atoms with E-state index in [1.165, 1.54) is 0 Å². The van der Waals surface area contributed by atoms with Gasteiger partial charge in [0.05, 0.1) is 25.7 Å². The van der Waals surface area contributed by atoms with E-state index in [4.69, 9.17) is 4.74 Å². The summed E-state index contributed by atoms with van der Waals surface area (Å²) in [6, 6.07) is 7.83. The lowest BCUT2D eigenvalue weighted by Gasteiger charge is -2.36. The van der Waals surface area contributed by atoms with E-state index < -0.39 is 0 Å². The molecule has 0 unspecified atom stereocenters. The van der Waals surface area contributed by atoms with E-state index in [9.17, 15) is 14.4 Å². The van der Waals surface area contributed by atoms with Gasteiger partial charge in [0, 0.05) is 57.9 Å². The van der Waals surface area contributed by atoms with Gasteiger partial charge in [-0.05, 0) is 19.1 Å². The number of hydrogen-bond acceptors (Lipinski definition) is 5. The van der Waals surface area contributed by atoms with Crippen molar-refractivity contribution in [2.24, 2.45) is 5.92 Å². The zero-order valence-electron chi connectivity index (χ0n) is 17.6. The molecule has 3 saturated heterocycles. The summed E-state index contributed by atoms with van der Waals surface area (Å²) < 4.78 is 5.30. The predicted octanol–water partition coefficient (Wildman–Crippen LogP) is 0.351. The minimum atomic E-state index is -0.291. The first-order chi connectivity index (χ1) is 14.5. The number of piperazine rings is 1. The predicted molar refractivity (Wildman–Crippen MR) is 112 cm³/mol. The Hall–Kier alpha value is -2.45. The SMILES string of the molecule is Cc1ccc(N2C[C@@H](C(=O)N3CCN(CC(=O)N4CCOCC4)CC3)CC2=O)cc1. The Morgan fingerprint density at radius 3 is 2.30 bits per heavy atom. The molecule has 3 fully saturated rings. The lowest BCUT2D eigenvalue weighted by Crippen LogP contribution is -2.53. The van der Waals surface area contributed by atoms with Crippen LogP contribution >= 0.6 is 0 Å². The smallest absolute Gasteiger partial charge is 0.236 e. The minimum Gasteiger partial charge on any atom is -0.378 e. The second-order valence-electron chi connectivity index (χ2n) is 8.34. The van der Waals surface area contributed by atoms with E-state index in [1.54, 1.807) is 4.90 Å². The fourth-order valence-corrected chi connectivity index (χ4v) is 4.34. The first kappa shape index (κ1) is 20.8. The number of carbonyl (C=O) groups is 3. The minimum absolute atomic E-state index is 0.00643. The van der Waals surface area contributed by atoms with Gasteiger partial charge in [-0.15, -0.1) is 0 Å². The maximum atomic E-state index is 13.0. The Morgan fingerprint density at radius 2 is 1.63 bits per heavy atom. The van der Waals surface area contributed by atoms with Gasteiger partial charge < -0.3 is 19.4 Å². The highest BCUT2D eigenvalue weighted by molar-refractivity contribution is 6.00. The number of hydrogen-bond donors (Lipinski definition) is 0. The highest BCUT2D eigenvalue weighted by Gasteiger charge is 2.38. The summed E-state index contributed by atoms with van der Waals surface area (Å²) >= 11 is 0. The van der Waals surface area contributed by atoms with Crippen molar-refractivity contribution in [3.63, 3.8) is 0 Å². The first-order valence-corrected chi connectivity index (χ1v) is 10.7. The van der Waals surface area contributed by atoms with Crippen molar-refractivity contribution in [2.75, 3.05) is 70.5 Å². The molecule has 0 N–H and O–H groups in total. The Morgan fingerprint density at radius 1 is 0.967 bits per heavy atom. The van der Waals surface area contributed by atoms with Gasteiger partial charge in [-0.3, -0.25) is 19.3 Å². The normalized spacial score (nSPS) is 23.2. The van der Waals surface area contributed by atoms with Gasteiger partial charge in [-0.1, -0.05) is 17.7 Å². The maximum absolute atomic E-state index is 13.0. The quantitative estimate of drug-likeness (QED) is 0.711. The zero-order chi connectivity index (χ0) is 21.1. The second-order valence-corrected chi connectivity index (χ2v) is 8.34. The molecule has 3 aliphatic rings. The molecule has 3 amide bonds. The average Bonchev–Trinajstić information content (AvgIpc) is 3.16. The molecule has 0 aliphatic carbocycles. The molecule has 3 heterocycles. The average molecular weight is 415 g/mol. The fraction of sp³-hybridized carbons (Fsp3) is 0.591. The van der Waals surface area contributed by atoms with Crippen LogP contribution in [0, 0.1) is 12.8 Å². The number of benzene rings is 1. The molecule has 1 aromatic rings. The molecule has 0 bridgehead atoms. The molecule has 4 rings (SSSR count). The molecule has 8 heteroatoms. The Bertz CT molecular complexity index is 783. The van der Waals surface area contributed by atoms with Gasteiger partial charge in [0.1, 0.15) is 0 Å². The lowest BCUT2D eigenvalue weighted by atomic mass is 10.1. The largest absolute Gasteiger partial charge is 0.378 e. The number of anilines is 1. The van der Waals surface area contributed by atoms with Crippen LogP contribution in [0.1, 0.15) is 12.0 Å². The van der Waals surface area contributed by atoms with E-state index in [0.717, 1.165) is 11.3 Å². The van der Waals surface area contributed by atoms with Crippen LogP contribution in [0.2, 0.25) is 0 Å². The van der Waals surface area contributed by atoms with Gasteiger partial charge in [0.2, 0.25) is 17.7 Å². The third-order valence-electron chi connectivity index (χ3n) is 6.23. The lowest BCUT2D eigenvalue weighted by molar-refractivity contribution is -0.139. The number of carbonyl (C=O) groups excluding carboxylic acids is 3. The molecule has 1 atom stereocenters. The molecule has 0 aromatic heterocycles. The molecule has 162 valence electrons. The molecule has 3 aliphatic heterocycles. The summed E-state index contributed by atoms with van der Waals surface area (Å²) in [6.45, 7) is 7.94. The summed E-state index contributed by atoms with van der Waals surface area (Å²) in [6.07, 6.45) is 0.266. The van der Waals surface area contributed by atoms with Crippen molar-refractivity contribution in [1.29, 1.82) is 0 Å². The third kappa shape index (κ3) is 4.65. The van der Waals surface area contributed by atoms with Crippen LogP contribution in [0.5, 0.6) is 0 Å². The van der Waals surface area contributed by atoms with Crippen molar-refractivity contribution in [2.45, 2.75) is 13.3 Å². The number of rotatable bonds is 4. The highest BCUT2D eigenvalue weighted by Crippen LogP contribution is 2.27. The molecule has 1 aromatic carbocycles. The van der Waals surface area contributed by atoms with Crippen LogP contribution in [-0.4, -0.2) is 98.0 Å². The maximum Gasteiger partial charge on any atom is 0.236 e. The van der Waals surface area contributed by atoms with Crippen molar-refractivity contribution in [1.82, 2.24) is 14.7 Å². The monoisotopic (exact) mass is 414 g/mol. The van der Waals surface area contributed by atoms with Gasteiger partial charge >= 0.3 is 0 Å². The number of morpholine rings is 1. The summed E-state index contributed by atoms with van der Waals surface area (Å²) in [7, 11) is 0. The number of ether oxygens (including phenoxy) is 1. The number of aryl methyl sites for hydroxylation is 1. The van der Waals surface area contributed by atoms with Crippen LogP contribution in [0.15, 0.2) is 24.3 Å². The summed E-state index contributed by atoms with van der Waals surface area (Å²) in [5.41, 5.74) is 2.00. The van der Waals surface area contributed by atoms with Crippen LogP contribution < -0.4 is 4.90 Å². The Labute approximate surface area is 177 Å². The topological polar surface area (TPSA) is 73.4 Å². The van der Waals surface area contributed by atoms with Gasteiger partial charge in [0.25, 0.3) is 0 Å². The van der Waals surface area contributed by atoms with Crippen molar-refractivity contribution in [3.05, 3.63) is 29.8 Å². The van der Waals surface area contributed by atoms with Gasteiger partial charge in [-0.2, -0.15) is 0 Å². The molecule has 30 heavy (non-hydrogen) atoms. The molecule has 0 saturated carbocycles. The van der Waals surface area contributed by atoms with Gasteiger partial charge in [0.15, 0.2) is 0 Å². The Balaban J connectivity index is 1.26. The van der Waals surface area contributed by atoms with Crippen molar-refractivity contribution in [3.8, 4) is 0 Å². The fourth-order valence-electron chi connectivity index (χ4n) is 4.34. The van der Waals surface area contributed by atoms with E-state index in [1.807, 2.05) is 41.0 Å². The van der Waals surface area contributed by atoms with Crippen LogP contribution in [0.25, 0.3) is 0 Å². The van der Waals surface area contributed by atoms with Gasteiger partial charge in [-0.25, -0.2) is 0 Å². The molecular formula is C22H30N4O4. The summed E-state index contributed by atoms with van der Waals surface area (Å²) in [4.78, 5) is 45.4. The van der Waals surface area contributed by atoms with E-state index in [0.29, 0.717) is 65.6 Å². The first-order valence-electron chi connectivity index (χ1n) is 10.7. The van der Waals surface area contributed by atoms with Crippen LogP contribution in [-0.2, 0) is 19.1 Å². The van der Waals surface area contributed by atoms with E-state index in [-0.39, 0.29) is 30.1 Å². The van der Waals surface area contributed by atoms with Crippen molar-refractivity contribution < 1.29 is 19.1 Å². The highest BCUT2D eigenvalue weighted by atomic mass is 16.5. The summed E-state index contributed by atoms with van der Waals surface area (Å²) in [5, 5.41) is 0. The molecule has 0 radical (unpaired) electrons. The van der Waals surface area contributed by atoms with Crippen LogP contribution in [0.3, 0.4) is 0 Å². The second kappa shape index (κ2) is 9.14. The standard InChI is InChI=1S/C22H30N4O4/c1-17-2-4-19(5-3-17)26-15-18(14-20(26)27)22(29)25-8-6-23(7-9-25)16-21(28)24-10-12-30-13-11-24/h2-5,18H,6-16H2,1H3/t18-/m0/s1. The molecular weight excluding hydrogens is 384 g/mol. The van der Waals surface area contributed by atoms with Crippen molar-refractivity contribution >= 4 is 23.4 Å².